The predicted octanol–water partition coefficient (Wildman–Crippen LogP) is 3.31. The van der Waals surface area contributed by atoms with Gasteiger partial charge in [-0.2, -0.15) is 0 Å². The molecule has 5 nitrogen and oxygen atoms in total. The summed E-state index contributed by atoms with van der Waals surface area (Å²) < 4.78 is 26.6. The number of halogens is 2. The summed E-state index contributed by atoms with van der Waals surface area (Å²) in [6, 6.07) is 7.68. The summed E-state index contributed by atoms with van der Waals surface area (Å²) in [5, 5.41) is 9.88. The zero-order valence-corrected chi connectivity index (χ0v) is 12.7. The summed E-state index contributed by atoms with van der Waals surface area (Å²) in [4.78, 5) is 10.5. The summed E-state index contributed by atoms with van der Waals surface area (Å²) in [5.74, 6) is -0.320. The van der Waals surface area contributed by atoms with Gasteiger partial charge in [-0.05, 0) is 30.3 Å². The third-order valence-corrected chi connectivity index (χ3v) is 4.73. The first kappa shape index (κ1) is 15.6. The van der Waals surface area contributed by atoms with Gasteiger partial charge in [-0.1, -0.05) is 23.2 Å². The van der Waals surface area contributed by atoms with Gasteiger partial charge in [-0.15, -0.1) is 0 Å². The van der Waals surface area contributed by atoms with E-state index in [-0.39, 0.29) is 31.9 Å². The van der Waals surface area contributed by atoms with E-state index < -0.39 is 10.0 Å². The second kappa shape index (κ2) is 5.93. The maximum atomic E-state index is 12.2. The first-order chi connectivity index (χ1) is 9.83. The van der Waals surface area contributed by atoms with Gasteiger partial charge in [0.25, 0.3) is 10.0 Å². The van der Waals surface area contributed by atoms with Crippen LogP contribution in [0.5, 0.6) is 5.75 Å². The summed E-state index contributed by atoms with van der Waals surface area (Å²) in [6.07, 6.45) is 0.465. The Labute approximate surface area is 131 Å². The van der Waals surface area contributed by atoms with Gasteiger partial charge in [0.2, 0.25) is 0 Å². The van der Waals surface area contributed by atoms with Gasteiger partial charge in [0.15, 0.2) is 6.29 Å². The standard InChI is InChI=1S/C13H9Cl2NO4S/c14-11-4-3-10(6-12(11)15)21(19,20)16-9-2-1-8(7-17)13(18)5-9/h1-7,16,18H. The molecule has 2 N–H and O–H groups in total. The maximum absolute atomic E-state index is 12.2. The molecule has 2 aromatic rings. The minimum absolute atomic E-state index is 0.0625. The van der Waals surface area contributed by atoms with E-state index in [4.69, 9.17) is 23.2 Å². The molecule has 0 aromatic heterocycles. The fourth-order valence-electron chi connectivity index (χ4n) is 1.56. The SMILES string of the molecule is O=Cc1ccc(NS(=O)(=O)c2ccc(Cl)c(Cl)c2)cc1O. The van der Waals surface area contributed by atoms with Crippen molar-refractivity contribution in [3.8, 4) is 5.75 Å². The summed E-state index contributed by atoms with van der Waals surface area (Å²) in [7, 11) is -3.88. The molecule has 0 radical (unpaired) electrons. The van der Waals surface area contributed by atoms with Crippen LogP contribution in [-0.4, -0.2) is 19.8 Å². The second-order valence-electron chi connectivity index (χ2n) is 4.07. The number of carbonyl (C=O) groups is 1. The van der Waals surface area contributed by atoms with Crippen LogP contribution in [0.25, 0.3) is 0 Å². The van der Waals surface area contributed by atoms with Gasteiger partial charge in [0, 0.05) is 6.07 Å². The number of carbonyl (C=O) groups excluding carboxylic acids is 1. The van der Waals surface area contributed by atoms with E-state index in [2.05, 4.69) is 4.72 Å². The third kappa shape index (κ3) is 3.47. The smallest absolute Gasteiger partial charge is 0.261 e. The van der Waals surface area contributed by atoms with Crippen molar-refractivity contribution in [2.24, 2.45) is 0 Å². The van der Waals surface area contributed by atoms with Gasteiger partial charge in [-0.3, -0.25) is 9.52 Å². The summed E-state index contributed by atoms with van der Waals surface area (Å²) in [5.41, 5.74) is 0.177. The van der Waals surface area contributed by atoms with Crippen molar-refractivity contribution in [2.45, 2.75) is 4.90 Å². The van der Waals surface area contributed by atoms with Crippen LogP contribution in [0.15, 0.2) is 41.3 Å². The highest BCUT2D eigenvalue weighted by Crippen LogP contribution is 2.27. The Bertz CT molecular complexity index is 806. The van der Waals surface area contributed by atoms with Gasteiger partial charge in [0.05, 0.1) is 26.2 Å². The molecule has 0 saturated heterocycles. The van der Waals surface area contributed by atoms with Crippen molar-refractivity contribution >= 4 is 45.2 Å². The molecule has 2 aromatic carbocycles. The minimum atomic E-state index is -3.88. The van der Waals surface area contributed by atoms with Gasteiger partial charge >= 0.3 is 0 Å². The molecule has 0 fully saturated rings. The molecule has 0 unspecified atom stereocenters. The van der Waals surface area contributed by atoms with Gasteiger partial charge in [0.1, 0.15) is 5.75 Å². The van der Waals surface area contributed by atoms with Crippen LogP contribution in [0.3, 0.4) is 0 Å². The van der Waals surface area contributed by atoms with Crippen LogP contribution in [0.2, 0.25) is 10.0 Å². The molecule has 0 amide bonds. The zero-order chi connectivity index (χ0) is 15.6. The number of phenols is 1. The Morgan fingerprint density at radius 1 is 1.05 bits per heavy atom. The molecule has 0 bridgehead atoms. The molecule has 0 aliphatic carbocycles. The highest BCUT2D eigenvalue weighted by atomic mass is 35.5. The van der Waals surface area contributed by atoms with Crippen LogP contribution in [0, 0.1) is 0 Å². The third-order valence-electron chi connectivity index (χ3n) is 2.61. The molecule has 0 atom stereocenters. The van der Waals surface area contributed by atoms with Crippen molar-refractivity contribution in [2.75, 3.05) is 4.72 Å². The molecular weight excluding hydrogens is 337 g/mol. The van der Waals surface area contributed by atoms with E-state index in [0.29, 0.717) is 6.29 Å². The quantitative estimate of drug-likeness (QED) is 0.832. The van der Waals surface area contributed by atoms with Crippen molar-refractivity contribution in [3.05, 3.63) is 52.0 Å². The molecule has 110 valence electrons. The maximum Gasteiger partial charge on any atom is 0.261 e. The van der Waals surface area contributed by atoms with Crippen molar-refractivity contribution in [1.29, 1.82) is 0 Å². The summed E-state index contributed by atoms with van der Waals surface area (Å²) >= 11 is 11.5. The molecule has 8 heteroatoms. The lowest BCUT2D eigenvalue weighted by Gasteiger charge is -2.09. The van der Waals surface area contributed by atoms with Crippen molar-refractivity contribution in [1.82, 2.24) is 0 Å². The number of aromatic hydroxyl groups is 1. The normalized spacial score (nSPS) is 11.1. The first-order valence-electron chi connectivity index (χ1n) is 5.59. The van der Waals surface area contributed by atoms with Crippen LogP contribution in [-0.2, 0) is 10.0 Å². The van der Waals surface area contributed by atoms with Crippen molar-refractivity contribution in [3.63, 3.8) is 0 Å². The lowest BCUT2D eigenvalue weighted by molar-refractivity contribution is 0.112. The van der Waals surface area contributed by atoms with E-state index in [0.717, 1.165) is 6.07 Å². The van der Waals surface area contributed by atoms with Gasteiger partial charge < -0.3 is 5.11 Å². The van der Waals surface area contributed by atoms with E-state index in [1.165, 1.54) is 30.3 Å². The highest BCUT2D eigenvalue weighted by Gasteiger charge is 2.16. The molecule has 21 heavy (non-hydrogen) atoms. The largest absolute Gasteiger partial charge is 0.507 e. The van der Waals surface area contributed by atoms with E-state index in [1.54, 1.807) is 0 Å². The minimum Gasteiger partial charge on any atom is -0.507 e. The highest BCUT2D eigenvalue weighted by molar-refractivity contribution is 7.92. The van der Waals surface area contributed by atoms with Crippen LogP contribution in [0.1, 0.15) is 10.4 Å². The molecule has 2 rings (SSSR count). The number of anilines is 1. The number of benzene rings is 2. The second-order valence-corrected chi connectivity index (χ2v) is 6.57. The van der Waals surface area contributed by atoms with Crippen LogP contribution < -0.4 is 4.72 Å². The number of sulfonamides is 1. The fraction of sp³-hybridized carbons (Fsp3) is 0. The molecule has 0 aliphatic rings. The molecular formula is C13H9Cl2NO4S. The molecule has 0 saturated carbocycles. The average molecular weight is 346 g/mol. The number of rotatable bonds is 4. The Hall–Kier alpha value is -1.76. The fourth-order valence-corrected chi connectivity index (χ4v) is 3.00. The zero-order valence-electron chi connectivity index (χ0n) is 10.4. The lowest BCUT2D eigenvalue weighted by atomic mass is 10.2. The van der Waals surface area contributed by atoms with E-state index in [1.807, 2.05) is 0 Å². The Balaban J connectivity index is 2.34. The molecule has 0 heterocycles. The van der Waals surface area contributed by atoms with E-state index >= 15 is 0 Å². The number of hydrogen-bond acceptors (Lipinski definition) is 4. The number of nitrogens with one attached hydrogen (secondary N) is 1. The Morgan fingerprint density at radius 3 is 2.33 bits per heavy atom. The number of aldehydes is 1. The summed E-state index contributed by atoms with van der Waals surface area (Å²) in [6.45, 7) is 0. The molecule has 0 spiro atoms. The predicted molar refractivity (Wildman–Crippen MR) is 80.8 cm³/mol. The van der Waals surface area contributed by atoms with E-state index in [9.17, 15) is 18.3 Å². The Kier molecular flexibility index (Phi) is 4.41. The van der Waals surface area contributed by atoms with Crippen molar-refractivity contribution < 1.29 is 18.3 Å². The molecule has 0 aliphatic heterocycles. The number of hydrogen-bond donors (Lipinski definition) is 2. The Morgan fingerprint density at radius 2 is 1.76 bits per heavy atom. The van der Waals surface area contributed by atoms with Crippen LogP contribution >= 0.6 is 23.2 Å². The van der Waals surface area contributed by atoms with Gasteiger partial charge in [-0.25, -0.2) is 8.42 Å². The average Bonchev–Trinajstić information content (AvgIpc) is 2.41. The topological polar surface area (TPSA) is 83.5 Å². The first-order valence-corrected chi connectivity index (χ1v) is 7.83. The lowest BCUT2D eigenvalue weighted by Crippen LogP contribution is -2.13. The monoisotopic (exact) mass is 345 g/mol. The van der Waals surface area contributed by atoms with Crippen LogP contribution in [0.4, 0.5) is 5.69 Å². The number of phenolic OH excluding ortho intramolecular Hbond substituents is 1.